The van der Waals surface area contributed by atoms with Gasteiger partial charge in [-0.15, -0.1) is 0 Å². The molecule has 15 heavy (non-hydrogen) atoms. The van der Waals surface area contributed by atoms with E-state index in [-0.39, 0.29) is 6.10 Å². The number of nitrogens with zero attached hydrogens (tertiary/aromatic N) is 1. The van der Waals surface area contributed by atoms with Crippen molar-refractivity contribution in [1.82, 2.24) is 0 Å². The fourth-order valence-electron chi connectivity index (χ4n) is 1.26. The van der Waals surface area contributed by atoms with E-state index in [9.17, 15) is 0 Å². The lowest BCUT2D eigenvalue weighted by molar-refractivity contribution is 0.189. The summed E-state index contributed by atoms with van der Waals surface area (Å²) in [6.07, 6.45) is 0.920. The smallest absolute Gasteiger partial charge is 0.0669 e. The molecule has 3 heteroatoms. The number of nitrogens with one attached hydrogen (secondary N) is 1. The Morgan fingerprint density at radius 3 is 2.60 bits per heavy atom. The van der Waals surface area contributed by atoms with Crippen LogP contribution < -0.4 is 5.32 Å². The second-order valence-electron chi connectivity index (χ2n) is 3.60. The highest BCUT2D eigenvalue weighted by Crippen LogP contribution is 2.09. The molecule has 1 atom stereocenters. The van der Waals surface area contributed by atoms with Crippen LogP contribution in [-0.2, 0) is 6.42 Å². The van der Waals surface area contributed by atoms with E-state index in [2.05, 4.69) is 11.4 Å². The topological polar surface area (TPSA) is 56.0 Å². The third-order valence-electron chi connectivity index (χ3n) is 2.13. The molecule has 0 heterocycles. The molecule has 1 rings (SSSR count). The Morgan fingerprint density at radius 1 is 1.40 bits per heavy atom. The number of aliphatic hydroxyl groups excluding tert-OH is 1. The van der Waals surface area contributed by atoms with Crippen LogP contribution >= 0.6 is 0 Å². The van der Waals surface area contributed by atoms with E-state index in [1.807, 2.05) is 24.3 Å². The highest BCUT2D eigenvalue weighted by atomic mass is 16.3. The second-order valence-corrected chi connectivity index (χ2v) is 3.60. The summed E-state index contributed by atoms with van der Waals surface area (Å²) >= 11 is 0. The molecule has 0 aliphatic carbocycles. The fraction of sp³-hybridized carbons (Fsp3) is 0.417. The molecular weight excluding hydrogens is 188 g/mol. The standard InChI is InChI=1S/C12H16N2O/c1-10(15)7-9-14-12-4-2-11(3-5-12)6-8-13/h2-5,10,14-15H,6-7,9H2,1H3. The Labute approximate surface area is 90.4 Å². The van der Waals surface area contributed by atoms with Crippen LogP contribution in [-0.4, -0.2) is 17.8 Å². The van der Waals surface area contributed by atoms with E-state index < -0.39 is 0 Å². The van der Waals surface area contributed by atoms with Gasteiger partial charge in [0, 0.05) is 12.2 Å². The molecule has 1 aromatic carbocycles. The molecule has 0 radical (unpaired) electrons. The van der Waals surface area contributed by atoms with Crippen LogP contribution in [0.15, 0.2) is 24.3 Å². The molecule has 0 bridgehead atoms. The maximum Gasteiger partial charge on any atom is 0.0669 e. The quantitative estimate of drug-likeness (QED) is 0.770. The summed E-state index contributed by atoms with van der Waals surface area (Å²) in [6, 6.07) is 9.89. The first kappa shape index (κ1) is 11.5. The maximum atomic E-state index is 9.07. The molecule has 0 amide bonds. The average molecular weight is 204 g/mol. The summed E-state index contributed by atoms with van der Waals surface area (Å²) in [4.78, 5) is 0. The Hall–Kier alpha value is -1.53. The van der Waals surface area contributed by atoms with Gasteiger partial charge in [0.15, 0.2) is 0 Å². The number of rotatable bonds is 5. The second kappa shape index (κ2) is 6.05. The van der Waals surface area contributed by atoms with Crippen LogP contribution in [0.5, 0.6) is 0 Å². The van der Waals surface area contributed by atoms with Crippen LogP contribution in [0.2, 0.25) is 0 Å². The summed E-state index contributed by atoms with van der Waals surface area (Å²) in [5.74, 6) is 0. The zero-order valence-corrected chi connectivity index (χ0v) is 8.90. The van der Waals surface area contributed by atoms with Gasteiger partial charge < -0.3 is 10.4 Å². The van der Waals surface area contributed by atoms with Crippen LogP contribution in [0.4, 0.5) is 5.69 Å². The van der Waals surface area contributed by atoms with Gasteiger partial charge in [0.25, 0.3) is 0 Å². The Bertz CT molecular complexity index is 324. The molecular formula is C12H16N2O. The monoisotopic (exact) mass is 204 g/mol. The SMILES string of the molecule is CC(O)CCNc1ccc(CC#N)cc1. The van der Waals surface area contributed by atoms with E-state index in [4.69, 9.17) is 10.4 Å². The summed E-state index contributed by atoms with van der Waals surface area (Å²) in [6.45, 7) is 2.53. The van der Waals surface area contributed by atoms with E-state index >= 15 is 0 Å². The maximum absolute atomic E-state index is 9.07. The molecule has 80 valence electrons. The first-order chi connectivity index (χ1) is 7.22. The van der Waals surface area contributed by atoms with Crippen molar-refractivity contribution >= 4 is 5.69 Å². The Balaban J connectivity index is 2.40. The third kappa shape index (κ3) is 4.48. The molecule has 0 fully saturated rings. The van der Waals surface area contributed by atoms with Gasteiger partial charge in [-0.25, -0.2) is 0 Å². The first-order valence-electron chi connectivity index (χ1n) is 5.10. The summed E-state index contributed by atoms with van der Waals surface area (Å²) < 4.78 is 0. The zero-order chi connectivity index (χ0) is 11.1. The van der Waals surface area contributed by atoms with Crippen molar-refractivity contribution in [3.05, 3.63) is 29.8 Å². The van der Waals surface area contributed by atoms with Gasteiger partial charge in [-0.05, 0) is 31.0 Å². The largest absolute Gasteiger partial charge is 0.393 e. The molecule has 0 saturated carbocycles. The van der Waals surface area contributed by atoms with Gasteiger partial charge in [-0.3, -0.25) is 0 Å². The predicted octanol–water partition coefficient (Wildman–Crippen LogP) is 1.94. The molecule has 1 unspecified atom stereocenters. The van der Waals surface area contributed by atoms with E-state index in [1.54, 1.807) is 6.92 Å². The van der Waals surface area contributed by atoms with Crippen molar-refractivity contribution in [2.24, 2.45) is 0 Å². The van der Waals surface area contributed by atoms with Crippen LogP contribution in [0.3, 0.4) is 0 Å². The van der Waals surface area contributed by atoms with Gasteiger partial charge in [-0.1, -0.05) is 12.1 Å². The highest BCUT2D eigenvalue weighted by molar-refractivity contribution is 5.44. The Morgan fingerprint density at radius 2 is 2.07 bits per heavy atom. The molecule has 0 aliphatic heterocycles. The lowest BCUT2D eigenvalue weighted by Crippen LogP contribution is -2.09. The van der Waals surface area contributed by atoms with Gasteiger partial charge >= 0.3 is 0 Å². The summed E-state index contributed by atoms with van der Waals surface area (Å²) in [7, 11) is 0. The van der Waals surface area contributed by atoms with Crippen LogP contribution in [0.25, 0.3) is 0 Å². The molecule has 0 spiro atoms. The van der Waals surface area contributed by atoms with Crippen molar-refractivity contribution in [2.45, 2.75) is 25.9 Å². The zero-order valence-electron chi connectivity index (χ0n) is 8.90. The lowest BCUT2D eigenvalue weighted by Gasteiger charge is -2.08. The van der Waals surface area contributed by atoms with E-state index in [0.29, 0.717) is 6.42 Å². The van der Waals surface area contributed by atoms with Gasteiger partial charge in [0.05, 0.1) is 18.6 Å². The van der Waals surface area contributed by atoms with Gasteiger partial charge in [0.1, 0.15) is 0 Å². The van der Waals surface area contributed by atoms with E-state index in [0.717, 1.165) is 24.2 Å². The fourth-order valence-corrected chi connectivity index (χ4v) is 1.26. The third-order valence-corrected chi connectivity index (χ3v) is 2.13. The number of hydrogen-bond donors (Lipinski definition) is 2. The molecule has 2 N–H and O–H groups in total. The number of aliphatic hydroxyl groups is 1. The molecule has 0 aliphatic rings. The number of benzene rings is 1. The normalized spacial score (nSPS) is 11.8. The van der Waals surface area contributed by atoms with E-state index in [1.165, 1.54) is 0 Å². The highest BCUT2D eigenvalue weighted by Gasteiger charge is 1.96. The van der Waals surface area contributed by atoms with Crippen molar-refractivity contribution in [3.8, 4) is 6.07 Å². The minimum absolute atomic E-state index is 0.268. The van der Waals surface area contributed by atoms with Gasteiger partial charge in [-0.2, -0.15) is 5.26 Å². The van der Waals surface area contributed by atoms with Crippen molar-refractivity contribution in [3.63, 3.8) is 0 Å². The minimum atomic E-state index is -0.268. The van der Waals surface area contributed by atoms with Crippen LogP contribution in [0, 0.1) is 11.3 Å². The molecule has 0 saturated heterocycles. The first-order valence-corrected chi connectivity index (χ1v) is 5.10. The number of hydrogen-bond acceptors (Lipinski definition) is 3. The molecule has 3 nitrogen and oxygen atoms in total. The molecule has 0 aromatic heterocycles. The van der Waals surface area contributed by atoms with Gasteiger partial charge in [0.2, 0.25) is 0 Å². The number of nitriles is 1. The Kier molecular flexibility index (Phi) is 4.65. The summed E-state index contributed by atoms with van der Waals surface area (Å²) in [5, 5.41) is 20.8. The van der Waals surface area contributed by atoms with Crippen molar-refractivity contribution in [2.75, 3.05) is 11.9 Å². The summed E-state index contributed by atoms with van der Waals surface area (Å²) in [5.41, 5.74) is 2.05. The lowest BCUT2D eigenvalue weighted by atomic mass is 10.1. The van der Waals surface area contributed by atoms with Crippen molar-refractivity contribution in [1.29, 1.82) is 5.26 Å². The van der Waals surface area contributed by atoms with Crippen molar-refractivity contribution < 1.29 is 5.11 Å². The minimum Gasteiger partial charge on any atom is -0.393 e. The average Bonchev–Trinajstić information content (AvgIpc) is 2.20. The van der Waals surface area contributed by atoms with Crippen LogP contribution in [0.1, 0.15) is 18.9 Å². The predicted molar refractivity (Wildman–Crippen MR) is 60.5 cm³/mol. The molecule has 1 aromatic rings. The number of anilines is 1.